The number of methoxy groups -OCH3 is 2. The lowest BCUT2D eigenvalue weighted by Crippen LogP contribution is -2.65. The highest BCUT2D eigenvalue weighted by molar-refractivity contribution is 6.17. The number of carbonyl (C=O) groups excluding carboxylic acids is 4. The summed E-state index contributed by atoms with van der Waals surface area (Å²) in [5.41, 5.74) is -0.437. The minimum Gasteiger partial charge on any atom is -0.466 e. The molecule has 9 nitrogen and oxygen atoms in total. The molecule has 3 atom stereocenters. The molecule has 4 aromatic carbocycles. The maximum absolute atomic E-state index is 15.1. The monoisotopic (exact) mass is 642 g/mol. The van der Waals surface area contributed by atoms with Gasteiger partial charge in [-0.1, -0.05) is 121 Å². The van der Waals surface area contributed by atoms with Crippen molar-refractivity contribution in [2.75, 3.05) is 14.2 Å². The van der Waals surface area contributed by atoms with Gasteiger partial charge in [-0.25, -0.2) is 9.59 Å². The van der Waals surface area contributed by atoms with Crippen molar-refractivity contribution in [2.45, 2.75) is 31.0 Å². The van der Waals surface area contributed by atoms with Crippen molar-refractivity contribution in [1.29, 1.82) is 0 Å². The first kappa shape index (κ1) is 32.2. The normalized spacial score (nSPS) is 20.7. The van der Waals surface area contributed by atoms with Crippen LogP contribution in [-0.4, -0.2) is 58.4 Å². The lowest BCUT2D eigenvalue weighted by atomic mass is 9.70. The van der Waals surface area contributed by atoms with Crippen molar-refractivity contribution in [1.82, 2.24) is 9.80 Å². The molecule has 0 saturated heterocycles. The van der Waals surface area contributed by atoms with E-state index >= 15 is 4.79 Å². The molecular weight excluding hydrogens is 608 g/mol. The molecule has 0 bridgehead atoms. The van der Waals surface area contributed by atoms with Crippen molar-refractivity contribution >= 4 is 23.6 Å². The molecule has 1 N–H and O–H groups in total. The third kappa shape index (κ3) is 5.28. The van der Waals surface area contributed by atoms with Gasteiger partial charge < -0.3 is 19.5 Å². The lowest BCUT2D eigenvalue weighted by Gasteiger charge is -2.52. The SMILES string of the molecule is COC(=O)C1=C(C)N(Cc2ccccc2)C2=C(C(=O)c3ccccc3)[C@H](c3ccccc3)[C@@](O)(C(=O)OC)C(=O)N2[C@@H]1c1ccccc1. The highest BCUT2D eigenvalue weighted by atomic mass is 16.5. The number of ketones is 1. The number of benzene rings is 4. The van der Waals surface area contributed by atoms with E-state index < -0.39 is 41.2 Å². The highest BCUT2D eigenvalue weighted by Crippen LogP contribution is 2.53. The molecule has 0 spiro atoms. The summed E-state index contributed by atoms with van der Waals surface area (Å²) in [5, 5.41) is 12.6. The number of Topliss-reactive ketones (excluding diaryl/α,β-unsaturated/α-hetero) is 1. The van der Waals surface area contributed by atoms with Gasteiger partial charge in [0.1, 0.15) is 5.82 Å². The van der Waals surface area contributed by atoms with E-state index in [0.29, 0.717) is 16.8 Å². The van der Waals surface area contributed by atoms with Crippen LogP contribution in [0.1, 0.15) is 45.9 Å². The second kappa shape index (κ2) is 13.1. The van der Waals surface area contributed by atoms with Gasteiger partial charge in [0.05, 0.1) is 37.3 Å². The molecule has 2 heterocycles. The minimum atomic E-state index is -2.91. The Kier molecular flexibility index (Phi) is 8.80. The molecule has 4 aromatic rings. The Hall–Kier alpha value is -5.80. The van der Waals surface area contributed by atoms with Crippen LogP contribution in [0.4, 0.5) is 0 Å². The Morgan fingerprint density at radius 3 is 1.79 bits per heavy atom. The van der Waals surface area contributed by atoms with Gasteiger partial charge in [-0.2, -0.15) is 0 Å². The van der Waals surface area contributed by atoms with Crippen molar-refractivity contribution in [2.24, 2.45) is 0 Å². The summed E-state index contributed by atoms with van der Waals surface area (Å²) in [6.07, 6.45) is 0. The van der Waals surface area contributed by atoms with E-state index in [9.17, 15) is 19.5 Å². The maximum atomic E-state index is 15.1. The number of aliphatic hydroxyl groups is 1. The fourth-order valence-electron chi connectivity index (χ4n) is 6.69. The van der Waals surface area contributed by atoms with Gasteiger partial charge in [0.15, 0.2) is 5.78 Å². The van der Waals surface area contributed by atoms with E-state index in [-0.39, 0.29) is 29.1 Å². The molecular formula is C39H34N2O7. The van der Waals surface area contributed by atoms with E-state index in [2.05, 4.69) is 0 Å². The summed E-state index contributed by atoms with van der Waals surface area (Å²) in [7, 11) is 2.32. The smallest absolute Gasteiger partial charge is 0.348 e. The number of fused-ring (bicyclic) bond motifs is 1. The maximum Gasteiger partial charge on any atom is 0.348 e. The first-order valence-electron chi connectivity index (χ1n) is 15.4. The molecule has 0 radical (unpaired) electrons. The molecule has 9 heteroatoms. The Labute approximate surface area is 278 Å². The third-order valence-electron chi connectivity index (χ3n) is 8.92. The predicted octanol–water partition coefficient (Wildman–Crippen LogP) is 5.32. The van der Waals surface area contributed by atoms with Crippen LogP contribution >= 0.6 is 0 Å². The average molecular weight is 643 g/mol. The number of rotatable bonds is 8. The van der Waals surface area contributed by atoms with Gasteiger partial charge in [-0.3, -0.25) is 14.5 Å². The van der Waals surface area contributed by atoms with Gasteiger partial charge in [0, 0.05) is 17.8 Å². The van der Waals surface area contributed by atoms with Crippen molar-refractivity contribution in [3.63, 3.8) is 0 Å². The molecule has 48 heavy (non-hydrogen) atoms. The molecule has 242 valence electrons. The van der Waals surface area contributed by atoms with Crippen LogP contribution in [-0.2, 0) is 30.4 Å². The van der Waals surface area contributed by atoms with Crippen LogP contribution in [0, 0.1) is 0 Å². The first-order chi connectivity index (χ1) is 23.2. The summed E-state index contributed by atoms with van der Waals surface area (Å²) >= 11 is 0. The summed E-state index contributed by atoms with van der Waals surface area (Å²) in [6, 6.07) is 33.9. The standard InChI is InChI=1S/C39H34N2O7/c1-25-30(36(43)47-2)33(28-20-12-6-13-21-28)41-35(40(25)24-26-16-8-4-9-17-26)31(34(42)29-22-14-7-15-23-29)32(27-18-10-5-11-19-27)39(46,37(41)44)38(45)48-3/h4-23,32-33,46H,24H2,1-3H3/t32-,33+,39-/m0/s1. The van der Waals surface area contributed by atoms with Gasteiger partial charge in [-0.05, 0) is 23.6 Å². The second-order valence-electron chi connectivity index (χ2n) is 11.6. The number of amides is 1. The van der Waals surface area contributed by atoms with E-state index in [1.165, 1.54) is 12.0 Å². The van der Waals surface area contributed by atoms with Gasteiger partial charge in [0.25, 0.3) is 11.5 Å². The van der Waals surface area contributed by atoms with Crippen LogP contribution in [0.3, 0.4) is 0 Å². The van der Waals surface area contributed by atoms with Crippen molar-refractivity contribution in [3.05, 3.63) is 166 Å². The van der Waals surface area contributed by atoms with Crippen LogP contribution in [0.5, 0.6) is 0 Å². The van der Waals surface area contributed by atoms with E-state index in [1.807, 2.05) is 30.3 Å². The Balaban J connectivity index is 1.80. The van der Waals surface area contributed by atoms with E-state index in [1.54, 1.807) is 103 Å². The van der Waals surface area contributed by atoms with Crippen LogP contribution in [0.15, 0.2) is 144 Å². The van der Waals surface area contributed by atoms with E-state index in [4.69, 9.17) is 9.47 Å². The number of carbonyl (C=O) groups is 4. The minimum absolute atomic E-state index is 0.0139. The Morgan fingerprint density at radius 2 is 1.25 bits per heavy atom. The molecule has 0 aromatic heterocycles. The summed E-state index contributed by atoms with van der Waals surface area (Å²) in [5.74, 6) is -4.87. The summed E-state index contributed by atoms with van der Waals surface area (Å²) in [6.45, 7) is 1.88. The van der Waals surface area contributed by atoms with Crippen LogP contribution < -0.4 is 0 Å². The van der Waals surface area contributed by atoms with Gasteiger partial charge in [0.2, 0.25) is 0 Å². The molecule has 2 aliphatic rings. The fraction of sp³-hybridized carbons (Fsp3) is 0.179. The Bertz CT molecular complexity index is 1920. The number of ether oxygens (including phenoxy) is 2. The van der Waals surface area contributed by atoms with E-state index in [0.717, 1.165) is 12.7 Å². The number of hydrogen-bond acceptors (Lipinski definition) is 8. The average Bonchev–Trinajstić information content (AvgIpc) is 3.14. The Morgan fingerprint density at radius 1 is 0.729 bits per heavy atom. The highest BCUT2D eigenvalue weighted by Gasteiger charge is 2.64. The van der Waals surface area contributed by atoms with Crippen molar-refractivity contribution < 1.29 is 33.8 Å². The fourth-order valence-corrected chi connectivity index (χ4v) is 6.69. The van der Waals surface area contributed by atoms with Gasteiger partial charge in [-0.15, -0.1) is 0 Å². The molecule has 6 rings (SSSR count). The quantitative estimate of drug-likeness (QED) is 0.156. The molecule has 0 fully saturated rings. The third-order valence-corrected chi connectivity index (χ3v) is 8.92. The molecule has 2 aliphatic heterocycles. The molecule has 1 amide bonds. The number of esters is 2. The predicted molar refractivity (Wildman–Crippen MR) is 177 cm³/mol. The summed E-state index contributed by atoms with van der Waals surface area (Å²) < 4.78 is 10.4. The van der Waals surface area contributed by atoms with Crippen LogP contribution in [0.2, 0.25) is 0 Å². The largest absolute Gasteiger partial charge is 0.466 e. The number of allylic oxidation sites excluding steroid dienone is 1. The molecule has 0 aliphatic carbocycles. The van der Waals surface area contributed by atoms with Crippen molar-refractivity contribution in [3.8, 4) is 0 Å². The second-order valence-corrected chi connectivity index (χ2v) is 11.6. The zero-order valence-corrected chi connectivity index (χ0v) is 26.7. The first-order valence-corrected chi connectivity index (χ1v) is 15.4. The molecule has 0 saturated carbocycles. The number of hydrogen-bond donors (Lipinski definition) is 1. The zero-order valence-electron chi connectivity index (χ0n) is 26.7. The topological polar surface area (TPSA) is 113 Å². The van der Waals surface area contributed by atoms with Crippen LogP contribution in [0.25, 0.3) is 0 Å². The molecule has 0 unspecified atom stereocenters. The number of nitrogens with zero attached hydrogens (tertiary/aromatic N) is 2. The lowest BCUT2D eigenvalue weighted by molar-refractivity contribution is -0.179. The summed E-state index contributed by atoms with van der Waals surface area (Å²) in [4.78, 5) is 60.6. The zero-order chi connectivity index (χ0) is 34.0. The van der Waals surface area contributed by atoms with Gasteiger partial charge >= 0.3 is 11.9 Å².